The third kappa shape index (κ3) is 3.01. The van der Waals surface area contributed by atoms with Crippen molar-refractivity contribution in [3.05, 3.63) is 63.4 Å². The van der Waals surface area contributed by atoms with Crippen molar-refractivity contribution in [2.75, 3.05) is 21.3 Å². The van der Waals surface area contributed by atoms with E-state index in [0.717, 1.165) is 34.6 Å². The number of H-pyrrole nitrogens is 1. The predicted octanol–water partition coefficient (Wildman–Crippen LogP) is 3.70. The molecule has 1 heterocycles. The molecule has 0 atom stereocenters. The Morgan fingerprint density at radius 3 is 2.28 bits per heavy atom. The minimum atomic E-state index is -0.414. The van der Waals surface area contributed by atoms with Gasteiger partial charge in [-0.25, -0.2) is 0 Å². The highest BCUT2D eigenvalue weighted by molar-refractivity contribution is 5.85. The van der Waals surface area contributed by atoms with Crippen molar-refractivity contribution in [1.29, 1.82) is 5.26 Å². The molecule has 6 nitrogen and oxygen atoms in total. The molecule has 0 saturated carbocycles. The van der Waals surface area contributed by atoms with Crippen LogP contribution in [0.4, 0.5) is 0 Å². The highest BCUT2D eigenvalue weighted by Gasteiger charge is 2.26. The maximum Gasteiger partial charge on any atom is 0.266 e. The Balaban J connectivity index is 2.03. The second-order valence-corrected chi connectivity index (χ2v) is 6.76. The number of methoxy groups -OCH3 is 3. The fourth-order valence-electron chi connectivity index (χ4n) is 3.94. The average Bonchev–Trinajstić information content (AvgIpc) is 2.77. The van der Waals surface area contributed by atoms with Gasteiger partial charge in [0.15, 0.2) is 0 Å². The molecule has 1 aliphatic rings. The Hall–Kier alpha value is -3.72. The van der Waals surface area contributed by atoms with Gasteiger partial charge in [0.1, 0.15) is 28.9 Å². The largest absolute Gasteiger partial charge is 0.497 e. The molecule has 0 amide bonds. The van der Waals surface area contributed by atoms with Crippen molar-refractivity contribution in [2.24, 2.45) is 0 Å². The summed E-state index contributed by atoms with van der Waals surface area (Å²) in [6, 6.07) is 13.3. The molecule has 0 bridgehead atoms. The van der Waals surface area contributed by atoms with Crippen molar-refractivity contribution in [3.63, 3.8) is 0 Å². The molecule has 0 unspecified atom stereocenters. The Morgan fingerprint density at radius 2 is 1.62 bits per heavy atom. The van der Waals surface area contributed by atoms with Gasteiger partial charge in [0.05, 0.1) is 27.0 Å². The second-order valence-electron chi connectivity index (χ2n) is 6.76. The van der Waals surface area contributed by atoms with E-state index in [1.54, 1.807) is 33.5 Å². The number of hydrogen-bond acceptors (Lipinski definition) is 5. The van der Waals surface area contributed by atoms with Crippen molar-refractivity contribution in [3.8, 4) is 45.7 Å². The summed E-state index contributed by atoms with van der Waals surface area (Å²) < 4.78 is 16.2. The van der Waals surface area contributed by atoms with Crippen LogP contribution in [0.5, 0.6) is 17.2 Å². The smallest absolute Gasteiger partial charge is 0.266 e. The Morgan fingerprint density at radius 1 is 0.931 bits per heavy atom. The van der Waals surface area contributed by atoms with Crippen LogP contribution in [0.15, 0.2) is 41.2 Å². The normalized spacial score (nSPS) is 11.8. The van der Waals surface area contributed by atoms with Crippen LogP contribution < -0.4 is 19.8 Å². The monoisotopic (exact) mass is 388 g/mol. The summed E-state index contributed by atoms with van der Waals surface area (Å²) in [6.45, 7) is 0. The van der Waals surface area contributed by atoms with Crippen LogP contribution in [0.25, 0.3) is 22.4 Å². The van der Waals surface area contributed by atoms with Gasteiger partial charge in [0.25, 0.3) is 5.56 Å². The first kappa shape index (κ1) is 18.6. The molecule has 6 heteroatoms. The third-order valence-electron chi connectivity index (χ3n) is 5.34. The van der Waals surface area contributed by atoms with Crippen LogP contribution in [0.1, 0.15) is 16.7 Å². The third-order valence-corrected chi connectivity index (χ3v) is 5.34. The van der Waals surface area contributed by atoms with Crippen LogP contribution in [0.3, 0.4) is 0 Å². The standard InChI is InChI=1S/C23H20N2O4/c1-27-14-5-8-16-13(10-14)4-7-18-21(19(12-24)23(26)25-22(16)18)17-9-6-15(28-2)11-20(17)29-3/h5-6,8-11H,4,7H2,1-3H3,(H,25,26). The lowest BCUT2D eigenvalue weighted by Crippen LogP contribution is -2.19. The number of nitrogens with one attached hydrogen (secondary N) is 1. The van der Waals surface area contributed by atoms with Crippen molar-refractivity contribution in [1.82, 2.24) is 4.98 Å². The highest BCUT2D eigenvalue weighted by Crippen LogP contribution is 2.42. The number of fused-ring (bicyclic) bond motifs is 3. The quantitative estimate of drug-likeness (QED) is 0.737. The van der Waals surface area contributed by atoms with E-state index in [9.17, 15) is 10.1 Å². The van der Waals surface area contributed by atoms with Crippen LogP contribution in [-0.4, -0.2) is 26.3 Å². The number of rotatable bonds is 4. The zero-order chi connectivity index (χ0) is 20.5. The van der Waals surface area contributed by atoms with Gasteiger partial charge >= 0.3 is 0 Å². The van der Waals surface area contributed by atoms with Gasteiger partial charge in [-0.2, -0.15) is 5.26 Å². The molecule has 1 aliphatic carbocycles. The molecule has 0 aliphatic heterocycles. The Labute approximate surface area is 168 Å². The van der Waals surface area contributed by atoms with Gasteiger partial charge in [-0.3, -0.25) is 4.79 Å². The first-order valence-corrected chi connectivity index (χ1v) is 9.20. The van der Waals surface area contributed by atoms with E-state index in [2.05, 4.69) is 11.1 Å². The summed E-state index contributed by atoms with van der Waals surface area (Å²) in [5, 5.41) is 9.74. The zero-order valence-electron chi connectivity index (χ0n) is 16.5. The topological polar surface area (TPSA) is 84.3 Å². The van der Waals surface area contributed by atoms with Gasteiger partial charge in [0, 0.05) is 22.8 Å². The molecule has 1 N–H and O–H groups in total. The van der Waals surface area contributed by atoms with E-state index in [1.165, 1.54) is 0 Å². The summed E-state index contributed by atoms with van der Waals surface area (Å²) in [5.74, 6) is 1.97. The van der Waals surface area contributed by atoms with Crippen LogP contribution in [-0.2, 0) is 12.8 Å². The van der Waals surface area contributed by atoms with Gasteiger partial charge in [0.2, 0.25) is 0 Å². The van der Waals surface area contributed by atoms with Crippen LogP contribution in [0.2, 0.25) is 0 Å². The van der Waals surface area contributed by atoms with Gasteiger partial charge in [-0.15, -0.1) is 0 Å². The van der Waals surface area contributed by atoms with Gasteiger partial charge in [-0.05, 0) is 54.3 Å². The lowest BCUT2D eigenvalue weighted by Gasteiger charge is -2.24. The van der Waals surface area contributed by atoms with Crippen molar-refractivity contribution < 1.29 is 14.2 Å². The summed E-state index contributed by atoms with van der Waals surface area (Å²) >= 11 is 0. The minimum absolute atomic E-state index is 0.0872. The Kier molecular flexibility index (Phi) is 4.73. The summed E-state index contributed by atoms with van der Waals surface area (Å²) in [6.07, 6.45) is 1.47. The number of aryl methyl sites for hydroxylation is 1. The number of pyridine rings is 1. The maximum atomic E-state index is 12.8. The molecule has 0 fully saturated rings. The van der Waals surface area contributed by atoms with E-state index < -0.39 is 5.56 Å². The van der Waals surface area contributed by atoms with Gasteiger partial charge in [-0.1, -0.05) is 0 Å². The zero-order valence-corrected chi connectivity index (χ0v) is 16.5. The molecule has 3 aromatic rings. The summed E-state index contributed by atoms with van der Waals surface area (Å²) in [4.78, 5) is 15.7. The highest BCUT2D eigenvalue weighted by atomic mass is 16.5. The summed E-state index contributed by atoms with van der Waals surface area (Å²) in [5.41, 5.74) is 4.71. The molecule has 2 aromatic carbocycles. The maximum absolute atomic E-state index is 12.8. The number of nitrogens with zero attached hydrogens (tertiary/aromatic N) is 1. The number of ether oxygens (including phenoxy) is 3. The van der Waals surface area contributed by atoms with Crippen molar-refractivity contribution in [2.45, 2.75) is 12.8 Å². The van der Waals surface area contributed by atoms with E-state index in [1.807, 2.05) is 24.3 Å². The fourth-order valence-corrected chi connectivity index (χ4v) is 3.94. The molecular formula is C23H20N2O4. The second kappa shape index (κ2) is 7.36. The molecule has 1 aromatic heterocycles. The first-order chi connectivity index (χ1) is 14.1. The first-order valence-electron chi connectivity index (χ1n) is 9.20. The molecule has 0 radical (unpaired) electrons. The van der Waals surface area contributed by atoms with E-state index in [4.69, 9.17) is 14.2 Å². The predicted molar refractivity (Wildman–Crippen MR) is 110 cm³/mol. The van der Waals surface area contributed by atoms with E-state index in [-0.39, 0.29) is 5.56 Å². The fraction of sp³-hybridized carbons (Fsp3) is 0.217. The lowest BCUT2D eigenvalue weighted by molar-refractivity contribution is 0.395. The molecule has 29 heavy (non-hydrogen) atoms. The van der Waals surface area contributed by atoms with Gasteiger partial charge < -0.3 is 19.2 Å². The number of nitriles is 1. The molecule has 0 spiro atoms. The average molecular weight is 388 g/mol. The molecular weight excluding hydrogens is 368 g/mol. The van der Waals surface area contributed by atoms with Crippen LogP contribution >= 0.6 is 0 Å². The minimum Gasteiger partial charge on any atom is -0.497 e. The van der Waals surface area contributed by atoms with E-state index in [0.29, 0.717) is 29.0 Å². The molecule has 146 valence electrons. The Bertz CT molecular complexity index is 1200. The number of aromatic amines is 1. The van der Waals surface area contributed by atoms with Crippen LogP contribution in [0, 0.1) is 11.3 Å². The number of hydrogen-bond donors (Lipinski definition) is 1. The molecule has 0 saturated heterocycles. The van der Waals surface area contributed by atoms with E-state index >= 15 is 0 Å². The SMILES string of the molecule is COc1ccc2c(c1)CCc1c-2[nH]c(=O)c(C#N)c1-c1ccc(OC)cc1OC. The molecule has 4 rings (SSSR count). The lowest BCUT2D eigenvalue weighted by atomic mass is 9.83. The summed E-state index contributed by atoms with van der Waals surface area (Å²) in [7, 11) is 4.77. The van der Waals surface area contributed by atoms with Crippen molar-refractivity contribution >= 4 is 0 Å². The number of benzene rings is 2. The number of aromatic nitrogens is 1.